The number of aromatic nitrogens is 1. The Morgan fingerprint density at radius 2 is 1.81 bits per heavy atom. The predicted molar refractivity (Wildman–Crippen MR) is 134 cm³/mol. The van der Waals surface area contributed by atoms with E-state index < -0.39 is 0 Å². The molecule has 1 heterocycles. The van der Waals surface area contributed by atoms with Crippen LogP contribution in [0.3, 0.4) is 0 Å². The number of fused-ring (bicyclic) bond motifs is 1. The number of benzene rings is 1. The molecule has 0 saturated heterocycles. The minimum Gasteiger partial charge on any atom is -0.385 e. The van der Waals surface area contributed by atoms with Crippen LogP contribution >= 0.6 is 0 Å². The lowest BCUT2D eigenvalue weighted by Crippen LogP contribution is -2.43. The van der Waals surface area contributed by atoms with Crippen molar-refractivity contribution in [2.75, 3.05) is 6.67 Å². The monoisotopic (exact) mass is 422 g/mol. The van der Waals surface area contributed by atoms with Crippen molar-refractivity contribution >= 4 is 16.3 Å². The molecule has 0 saturated carbocycles. The zero-order chi connectivity index (χ0) is 23.2. The number of rotatable bonds is 12. The fourth-order valence-electron chi connectivity index (χ4n) is 4.52. The molecule has 2 aromatic rings. The van der Waals surface area contributed by atoms with Crippen LogP contribution in [0.4, 0.5) is 4.39 Å². The average molecular weight is 423 g/mol. The third-order valence-electron chi connectivity index (χ3n) is 6.73. The molecule has 1 N–H and O–H groups in total. The SMILES string of the molecule is C=C(C)CC(NC(=C)C(CC)(CC(=C)c1nccc2ccccc12)C(C)C)C(C)CF. The highest BCUT2D eigenvalue weighted by molar-refractivity contribution is 5.91. The molecular formula is C28H39FN2. The van der Waals surface area contributed by atoms with Crippen LogP contribution in [-0.4, -0.2) is 17.7 Å². The Balaban J connectivity index is 2.37. The van der Waals surface area contributed by atoms with E-state index in [2.05, 4.69) is 62.9 Å². The molecule has 0 radical (unpaired) electrons. The third-order valence-corrected chi connectivity index (χ3v) is 6.73. The Kier molecular flexibility index (Phi) is 8.61. The molecule has 2 nitrogen and oxygen atoms in total. The molecule has 0 bridgehead atoms. The molecule has 0 fully saturated rings. The molecular weight excluding hydrogens is 383 g/mol. The van der Waals surface area contributed by atoms with Crippen molar-refractivity contribution in [3.05, 3.63) is 73.2 Å². The molecule has 0 amide bonds. The first-order valence-corrected chi connectivity index (χ1v) is 11.3. The summed E-state index contributed by atoms with van der Waals surface area (Å²) in [6, 6.07) is 10.3. The summed E-state index contributed by atoms with van der Waals surface area (Å²) in [4.78, 5) is 4.67. The molecule has 3 atom stereocenters. The van der Waals surface area contributed by atoms with Gasteiger partial charge in [0.1, 0.15) is 0 Å². The van der Waals surface area contributed by atoms with Crippen LogP contribution in [-0.2, 0) is 0 Å². The Hall–Kier alpha value is -2.42. The first-order valence-electron chi connectivity index (χ1n) is 11.3. The summed E-state index contributed by atoms with van der Waals surface area (Å²) in [6.45, 7) is 23.2. The van der Waals surface area contributed by atoms with E-state index in [0.29, 0.717) is 5.92 Å². The van der Waals surface area contributed by atoms with Crippen molar-refractivity contribution in [3.8, 4) is 0 Å². The van der Waals surface area contributed by atoms with Crippen molar-refractivity contribution in [3.63, 3.8) is 0 Å². The van der Waals surface area contributed by atoms with Crippen LogP contribution < -0.4 is 5.32 Å². The number of nitrogens with one attached hydrogen (secondary N) is 1. The molecule has 1 aromatic heterocycles. The maximum absolute atomic E-state index is 13.5. The molecule has 2 rings (SSSR count). The van der Waals surface area contributed by atoms with Crippen molar-refractivity contribution in [1.29, 1.82) is 0 Å². The van der Waals surface area contributed by atoms with E-state index in [0.717, 1.165) is 52.6 Å². The lowest BCUT2D eigenvalue weighted by molar-refractivity contribution is 0.208. The lowest BCUT2D eigenvalue weighted by atomic mass is 9.68. The summed E-state index contributed by atoms with van der Waals surface area (Å²) < 4.78 is 13.5. The Morgan fingerprint density at radius 1 is 1.13 bits per heavy atom. The van der Waals surface area contributed by atoms with Crippen molar-refractivity contribution in [2.24, 2.45) is 17.3 Å². The van der Waals surface area contributed by atoms with Gasteiger partial charge < -0.3 is 5.32 Å². The van der Waals surface area contributed by atoms with Gasteiger partial charge in [0, 0.05) is 34.7 Å². The van der Waals surface area contributed by atoms with E-state index in [1.54, 1.807) is 0 Å². The quantitative estimate of drug-likeness (QED) is 0.354. The van der Waals surface area contributed by atoms with Gasteiger partial charge in [0.05, 0.1) is 12.4 Å². The lowest BCUT2D eigenvalue weighted by Gasteiger charge is -2.42. The first-order chi connectivity index (χ1) is 14.7. The maximum atomic E-state index is 13.5. The normalized spacial score (nSPS) is 15.3. The number of alkyl halides is 1. The van der Waals surface area contributed by atoms with E-state index in [1.807, 2.05) is 38.2 Å². The Labute approximate surface area is 188 Å². The zero-order valence-corrected chi connectivity index (χ0v) is 20.0. The van der Waals surface area contributed by atoms with E-state index >= 15 is 0 Å². The number of allylic oxidation sites excluding steroid dienone is 2. The van der Waals surface area contributed by atoms with Crippen molar-refractivity contribution in [1.82, 2.24) is 10.3 Å². The molecule has 31 heavy (non-hydrogen) atoms. The number of halogens is 1. The van der Waals surface area contributed by atoms with Gasteiger partial charge in [-0.1, -0.05) is 70.7 Å². The molecule has 3 unspecified atom stereocenters. The summed E-state index contributed by atoms with van der Waals surface area (Å²) in [7, 11) is 0. The van der Waals surface area contributed by atoms with Crippen LogP contribution in [0.25, 0.3) is 16.3 Å². The molecule has 3 heteroatoms. The van der Waals surface area contributed by atoms with Gasteiger partial charge >= 0.3 is 0 Å². The maximum Gasteiger partial charge on any atom is 0.0939 e. The van der Waals surface area contributed by atoms with Gasteiger partial charge in [-0.15, -0.1) is 6.58 Å². The second-order valence-corrected chi connectivity index (χ2v) is 9.35. The highest BCUT2D eigenvalue weighted by Crippen LogP contribution is 2.45. The number of hydrogen-bond donors (Lipinski definition) is 1. The molecule has 0 spiro atoms. The van der Waals surface area contributed by atoms with Crippen molar-refractivity contribution in [2.45, 2.75) is 59.9 Å². The topological polar surface area (TPSA) is 24.9 Å². The second-order valence-electron chi connectivity index (χ2n) is 9.35. The zero-order valence-electron chi connectivity index (χ0n) is 20.0. The largest absolute Gasteiger partial charge is 0.385 e. The van der Waals surface area contributed by atoms with Gasteiger partial charge in [-0.05, 0) is 49.1 Å². The Bertz CT molecular complexity index is 924. The van der Waals surface area contributed by atoms with Gasteiger partial charge in [0.25, 0.3) is 0 Å². The van der Waals surface area contributed by atoms with Crippen molar-refractivity contribution < 1.29 is 4.39 Å². The van der Waals surface area contributed by atoms with E-state index in [9.17, 15) is 4.39 Å². The second kappa shape index (κ2) is 10.7. The van der Waals surface area contributed by atoms with Gasteiger partial charge in [-0.25, -0.2) is 0 Å². The molecule has 0 aliphatic rings. The smallest absolute Gasteiger partial charge is 0.0939 e. The molecule has 0 aliphatic heterocycles. The first kappa shape index (κ1) is 24.8. The summed E-state index contributed by atoms with van der Waals surface area (Å²) in [5.74, 6) is 0.216. The summed E-state index contributed by atoms with van der Waals surface area (Å²) in [6.07, 6.45) is 4.24. The van der Waals surface area contributed by atoms with Gasteiger partial charge in [-0.3, -0.25) is 9.37 Å². The molecule has 0 aliphatic carbocycles. The highest BCUT2D eigenvalue weighted by Gasteiger charge is 2.37. The molecule has 168 valence electrons. The summed E-state index contributed by atoms with van der Waals surface area (Å²) >= 11 is 0. The summed E-state index contributed by atoms with van der Waals surface area (Å²) in [5, 5.41) is 5.89. The van der Waals surface area contributed by atoms with Crippen LogP contribution in [0.1, 0.15) is 59.6 Å². The van der Waals surface area contributed by atoms with Gasteiger partial charge in [-0.2, -0.15) is 0 Å². The summed E-state index contributed by atoms with van der Waals surface area (Å²) in [5.41, 5.74) is 3.74. The van der Waals surface area contributed by atoms with Gasteiger partial charge in [0.2, 0.25) is 0 Å². The van der Waals surface area contributed by atoms with Crippen LogP contribution in [0, 0.1) is 17.3 Å². The van der Waals surface area contributed by atoms with E-state index in [1.165, 1.54) is 0 Å². The minimum absolute atomic E-state index is 0.0244. The number of pyridine rings is 1. The standard InChI is InChI=1S/C28H39FN2/c1-9-28(20(4)5,23(8)31-26(16-19(2)3)22(7)18-29)17-21(6)27-25-13-11-10-12-24(25)14-15-30-27/h10-15,20,22,26,31H,2,6,8-9,16-18H2,1,3-5,7H3. The van der Waals surface area contributed by atoms with Crippen LogP contribution in [0.15, 0.2) is 67.5 Å². The fourth-order valence-corrected chi connectivity index (χ4v) is 4.52. The number of nitrogens with zero attached hydrogens (tertiary/aromatic N) is 1. The minimum atomic E-state index is -0.369. The fraction of sp³-hybridized carbons (Fsp3) is 0.464. The van der Waals surface area contributed by atoms with Crippen LogP contribution in [0.2, 0.25) is 0 Å². The third kappa shape index (κ3) is 5.64. The Morgan fingerprint density at radius 3 is 2.39 bits per heavy atom. The highest BCUT2D eigenvalue weighted by atomic mass is 19.1. The van der Waals surface area contributed by atoms with E-state index in [-0.39, 0.29) is 24.0 Å². The van der Waals surface area contributed by atoms with Crippen LogP contribution in [0.5, 0.6) is 0 Å². The van der Waals surface area contributed by atoms with Gasteiger partial charge in [0.15, 0.2) is 0 Å². The average Bonchev–Trinajstić information content (AvgIpc) is 2.75. The molecule has 1 aromatic carbocycles. The number of hydrogen-bond acceptors (Lipinski definition) is 2. The van der Waals surface area contributed by atoms with E-state index in [4.69, 9.17) is 0 Å². The predicted octanol–water partition coefficient (Wildman–Crippen LogP) is 7.73.